The molecule has 0 unspecified atom stereocenters. The second-order valence-electron chi connectivity index (χ2n) is 6.03. The molecule has 2 aliphatic heterocycles. The smallest absolute Gasteiger partial charge is 0.261 e. The first kappa shape index (κ1) is 15.1. The first-order valence-corrected chi connectivity index (χ1v) is 9.17. The summed E-state index contributed by atoms with van der Waals surface area (Å²) in [7, 11) is -3.84. The first-order valence-electron chi connectivity index (χ1n) is 7.68. The van der Waals surface area contributed by atoms with Crippen molar-refractivity contribution in [3.05, 3.63) is 53.3 Å². The van der Waals surface area contributed by atoms with Crippen LogP contribution in [-0.2, 0) is 27.7 Å². The second-order valence-corrected chi connectivity index (χ2v) is 7.71. The Morgan fingerprint density at radius 1 is 1.12 bits per heavy atom. The minimum atomic E-state index is -3.84. The summed E-state index contributed by atoms with van der Waals surface area (Å²) in [4.78, 5) is 13.9. The summed E-state index contributed by atoms with van der Waals surface area (Å²) in [6.07, 6.45) is 1.79. The van der Waals surface area contributed by atoms with Gasteiger partial charge in [0.25, 0.3) is 10.0 Å². The Morgan fingerprint density at radius 2 is 1.92 bits per heavy atom. The standard InChI is InChI=1S/C17H15FN2O3S/c18-13-4-1-5-14(10-13)19-24(22,23)15-7-11-3-2-6-20-16(21)9-12(8-15)17(11)20/h1,4-5,7-8,10,19H,2-3,6,9H2. The molecule has 4 rings (SSSR count). The zero-order valence-electron chi connectivity index (χ0n) is 12.8. The number of rotatable bonds is 3. The van der Waals surface area contributed by atoms with Gasteiger partial charge >= 0.3 is 0 Å². The summed E-state index contributed by atoms with van der Waals surface area (Å²) in [5, 5.41) is 0. The molecule has 2 aromatic rings. The van der Waals surface area contributed by atoms with Crippen molar-refractivity contribution in [1.29, 1.82) is 0 Å². The van der Waals surface area contributed by atoms with E-state index < -0.39 is 15.8 Å². The van der Waals surface area contributed by atoms with Crippen LogP contribution in [0.2, 0.25) is 0 Å². The van der Waals surface area contributed by atoms with E-state index in [1.54, 1.807) is 17.0 Å². The topological polar surface area (TPSA) is 66.5 Å². The Hall–Kier alpha value is -2.41. The van der Waals surface area contributed by atoms with Crippen molar-refractivity contribution >= 4 is 27.3 Å². The number of benzene rings is 2. The largest absolute Gasteiger partial charge is 0.312 e. The molecule has 0 radical (unpaired) electrons. The number of carbonyl (C=O) groups is 1. The van der Waals surface area contributed by atoms with Gasteiger partial charge in [-0.25, -0.2) is 12.8 Å². The Labute approximate surface area is 139 Å². The summed E-state index contributed by atoms with van der Waals surface area (Å²) in [5.41, 5.74) is 2.67. The summed E-state index contributed by atoms with van der Waals surface area (Å²) >= 11 is 0. The summed E-state index contributed by atoms with van der Waals surface area (Å²) < 4.78 is 40.9. The summed E-state index contributed by atoms with van der Waals surface area (Å²) in [6, 6.07) is 8.46. The number of nitrogens with zero attached hydrogens (tertiary/aromatic N) is 1. The van der Waals surface area contributed by atoms with Gasteiger partial charge in [-0.1, -0.05) is 6.07 Å². The molecule has 2 aromatic carbocycles. The monoisotopic (exact) mass is 346 g/mol. The maximum absolute atomic E-state index is 13.3. The van der Waals surface area contributed by atoms with Crippen molar-refractivity contribution in [1.82, 2.24) is 0 Å². The fourth-order valence-electron chi connectivity index (χ4n) is 3.37. The van der Waals surface area contributed by atoms with Crippen molar-refractivity contribution in [2.24, 2.45) is 0 Å². The van der Waals surface area contributed by atoms with Crippen molar-refractivity contribution in [3.63, 3.8) is 0 Å². The molecule has 0 atom stereocenters. The van der Waals surface area contributed by atoms with Gasteiger partial charge < -0.3 is 4.90 Å². The highest BCUT2D eigenvalue weighted by Gasteiger charge is 2.33. The Morgan fingerprint density at radius 3 is 2.71 bits per heavy atom. The number of anilines is 2. The lowest BCUT2D eigenvalue weighted by atomic mass is 10.0. The quantitative estimate of drug-likeness (QED) is 0.928. The van der Waals surface area contributed by atoms with Gasteiger partial charge in [0, 0.05) is 6.54 Å². The molecule has 1 N–H and O–H groups in total. The molecule has 5 nitrogen and oxygen atoms in total. The van der Waals surface area contributed by atoms with E-state index in [0.717, 1.165) is 35.7 Å². The van der Waals surface area contributed by atoms with E-state index in [1.807, 2.05) is 0 Å². The van der Waals surface area contributed by atoms with Crippen LogP contribution in [0.5, 0.6) is 0 Å². The molecule has 124 valence electrons. The van der Waals surface area contributed by atoms with Crippen LogP contribution in [0.25, 0.3) is 0 Å². The molecule has 0 saturated carbocycles. The second kappa shape index (κ2) is 5.31. The first-order chi connectivity index (χ1) is 11.4. The van der Waals surface area contributed by atoms with Gasteiger partial charge in [-0.15, -0.1) is 0 Å². The van der Waals surface area contributed by atoms with E-state index in [4.69, 9.17) is 0 Å². The van der Waals surface area contributed by atoms with Crippen LogP contribution in [0, 0.1) is 5.82 Å². The van der Waals surface area contributed by atoms with Crippen molar-refractivity contribution < 1.29 is 17.6 Å². The van der Waals surface area contributed by atoms with E-state index in [-0.39, 0.29) is 22.9 Å². The number of aryl methyl sites for hydroxylation is 1. The number of halogens is 1. The van der Waals surface area contributed by atoms with Gasteiger partial charge in [-0.05, 0) is 54.3 Å². The molecular weight excluding hydrogens is 331 g/mol. The molecule has 24 heavy (non-hydrogen) atoms. The lowest BCUT2D eigenvalue weighted by molar-refractivity contribution is -0.117. The van der Waals surface area contributed by atoms with Gasteiger partial charge in [0.15, 0.2) is 0 Å². The number of hydrogen-bond acceptors (Lipinski definition) is 3. The number of sulfonamides is 1. The number of carbonyl (C=O) groups excluding carboxylic acids is 1. The minimum Gasteiger partial charge on any atom is -0.312 e. The van der Waals surface area contributed by atoms with Gasteiger partial charge in [0.1, 0.15) is 5.82 Å². The van der Waals surface area contributed by atoms with Crippen molar-refractivity contribution in [3.8, 4) is 0 Å². The molecule has 0 bridgehead atoms. The normalized spacial score (nSPS) is 16.2. The molecule has 0 aromatic heterocycles. The SMILES string of the molecule is O=C1Cc2cc(S(=O)(=O)Nc3cccc(F)c3)cc3c2N1CCC3. The van der Waals surface area contributed by atoms with Gasteiger partial charge in [0.2, 0.25) is 5.91 Å². The van der Waals surface area contributed by atoms with Crippen LogP contribution >= 0.6 is 0 Å². The molecule has 0 spiro atoms. The summed E-state index contributed by atoms with van der Waals surface area (Å²) in [5.74, 6) is -0.501. The Bertz CT molecular complexity index is 956. The fourth-order valence-corrected chi connectivity index (χ4v) is 4.52. The molecule has 0 fully saturated rings. The lowest BCUT2D eigenvalue weighted by Gasteiger charge is -2.26. The van der Waals surface area contributed by atoms with Crippen LogP contribution in [0.1, 0.15) is 17.5 Å². The highest BCUT2D eigenvalue weighted by molar-refractivity contribution is 7.92. The maximum Gasteiger partial charge on any atom is 0.261 e. The summed E-state index contributed by atoms with van der Waals surface area (Å²) in [6.45, 7) is 0.687. The molecule has 2 aliphatic rings. The average molecular weight is 346 g/mol. The van der Waals surface area contributed by atoms with E-state index >= 15 is 0 Å². The molecule has 1 amide bonds. The lowest BCUT2D eigenvalue weighted by Crippen LogP contribution is -2.31. The number of nitrogens with one attached hydrogen (secondary N) is 1. The van der Waals surface area contributed by atoms with Crippen LogP contribution in [0.4, 0.5) is 15.8 Å². The fraction of sp³-hybridized carbons (Fsp3) is 0.235. The van der Waals surface area contributed by atoms with Gasteiger partial charge in [-0.3, -0.25) is 9.52 Å². The third-order valence-corrected chi connectivity index (χ3v) is 5.73. The number of amides is 1. The zero-order chi connectivity index (χ0) is 16.9. The van der Waals surface area contributed by atoms with E-state index in [0.29, 0.717) is 6.54 Å². The Kier molecular flexibility index (Phi) is 3.35. The van der Waals surface area contributed by atoms with E-state index in [2.05, 4.69) is 4.72 Å². The third kappa shape index (κ3) is 2.45. The molecule has 0 saturated heterocycles. The third-order valence-electron chi connectivity index (χ3n) is 4.37. The predicted molar refractivity (Wildman–Crippen MR) is 88.0 cm³/mol. The van der Waals surface area contributed by atoms with Crippen molar-refractivity contribution in [2.45, 2.75) is 24.2 Å². The molecule has 0 aliphatic carbocycles. The van der Waals surface area contributed by atoms with E-state index in [1.165, 1.54) is 18.2 Å². The van der Waals surface area contributed by atoms with Crippen LogP contribution < -0.4 is 9.62 Å². The minimum absolute atomic E-state index is 0.0126. The zero-order valence-corrected chi connectivity index (χ0v) is 13.6. The van der Waals surface area contributed by atoms with Crippen molar-refractivity contribution in [2.75, 3.05) is 16.2 Å². The van der Waals surface area contributed by atoms with Gasteiger partial charge in [-0.2, -0.15) is 0 Å². The maximum atomic E-state index is 13.3. The average Bonchev–Trinajstić information content (AvgIpc) is 2.85. The number of hydrogen-bond donors (Lipinski definition) is 1. The van der Waals surface area contributed by atoms with Crippen LogP contribution in [0.15, 0.2) is 41.3 Å². The highest BCUT2D eigenvalue weighted by Crippen LogP contribution is 2.38. The van der Waals surface area contributed by atoms with Crippen LogP contribution in [0.3, 0.4) is 0 Å². The van der Waals surface area contributed by atoms with E-state index in [9.17, 15) is 17.6 Å². The molecule has 7 heteroatoms. The Balaban J connectivity index is 1.75. The predicted octanol–water partition coefficient (Wildman–Crippen LogP) is 2.46. The molecule has 2 heterocycles. The van der Waals surface area contributed by atoms with Gasteiger partial charge in [0.05, 0.1) is 22.7 Å². The highest BCUT2D eigenvalue weighted by atomic mass is 32.2. The van der Waals surface area contributed by atoms with Crippen LogP contribution in [-0.4, -0.2) is 20.9 Å². The molecular formula is C17H15FN2O3S.